The van der Waals surface area contributed by atoms with Crippen molar-refractivity contribution in [2.24, 2.45) is 0 Å². The van der Waals surface area contributed by atoms with Gasteiger partial charge in [-0.25, -0.2) is 0 Å². The molecular formula is C26H21NO6. The van der Waals surface area contributed by atoms with E-state index in [9.17, 15) is 14.7 Å². The number of aromatic hydroxyl groups is 1. The predicted molar refractivity (Wildman–Crippen MR) is 122 cm³/mol. The molecule has 0 aliphatic carbocycles. The number of phenols is 1. The van der Waals surface area contributed by atoms with E-state index < -0.39 is 6.04 Å². The average Bonchev–Trinajstić information content (AvgIpc) is 3.12. The summed E-state index contributed by atoms with van der Waals surface area (Å²) in [6.45, 7) is 0.247. The second-order valence-electron chi connectivity index (χ2n) is 7.79. The number of rotatable bonds is 5. The molecule has 0 spiro atoms. The molecular weight excluding hydrogens is 422 g/mol. The summed E-state index contributed by atoms with van der Waals surface area (Å²) in [5, 5.41) is 10.5. The van der Waals surface area contributed by atoms with Gasteiger partial charge in [0.1, 0.15) is 11.3 Å². The number of amides is 1. The molecule has 1 aliphatic heterocycles. The third-order valence-corrected chi connectivity index (χ3v) is 5.90. The fraction of sp³-hybridized carbons (Fsp3) is 0.154. The first-order valence-corrected chi connectivity index (χ1v) is 10.4. The molecule has 1 N–H and O–H groups in total. The zero-order chi connectivity index (χ0) is 23.1. The van der Waals surface area contributed by atoms with Crippen LogP contribution in [0, 0.1) is 0 Å². The molecule has 1 aliphatic rings. The number of nitrogens with zero attached hydrogens (tertiary/aromatic N) is 1. The highest BCUT2D eigenvalue weighted by atomic mass is 16.5. The van der Waals surface area contributed by atoms with Crippen LogP contribution in [0.2, 0.25) is 0 Å². The highest BCUT2D eigenvalue weighted by Gasteiger charge is 2.43. The van der Waals surface area contributed by atoms with E-state index >= 15 is 0 Å². The quantitative estimate of drug-likeness (QED) is 0.496. The fourth-order valence-electron chi connectivity index (χ4n) is 4.27. The topological polar surface area (TPSA) is 89.2 Å². The van der Waals surface area contributed by atoms with Crippen LogP contribution in [0.5, 0.6) is 17.2 Å². The summed E-state index contributed by atoms with van der Waals surface area (Å²) in [5.41, 5.74) is 1.88. The summed E-state index contributed by atoms with van der Waals surface area (Å²) in [6.07, 6.45) is 0. The van der Waals surface area contributed by atoms with Gasteiger partial charge in [0.2, 0.25) is 5.76 Å². The number of carbonyl (C=O) groups excluding carboxylic acids is 1. The minimum atomic E-state index is -0.704. The summed E-state index contributed by atoms with van der Waals surface area (Å²) in [7, 11) is 3.04. The van der Waals surface area contributed by atoms with Gasteiger partial charge in [-0.05, 0) is 47.5 Å². The van der Waals surface area contributed by atoms with E-state index in [0.717, 1.165) is 5.56 Å². The van der Waals surface area contributed by atoms with E-state index in [2.05, 4.69) is 0 Å². The predicted octanol–water partition coefficient (Wildman–Crippen LogP) is 4.26. The number of hydrogen-bond donors (Lipinski definition) is 1. The van der Waals surface area contributed by atoms with Crippen molar-refractivity contribution in [3.8, 4) is 17.2 Å². The number of ether oxygens (including phenoxy) is 2. The Labute approximate surface area is 189 Å². The maximum atomic E-state index is 13.5. The van der Waals surface area contributed by atoms with E-state index in [1.54, 1.807) is 48.4 Å². The smallest absolute Gasteiger partial charge is 0.291 e. The van der Waals surface area contributed by atoms with Crippen molar-refractivity contribution in [3.05, 3.63) is 99.4 Å². The lowest BCUT2D eigenvalue weighted by Crippen LogP contribution is -2.29. The lowest BCUT2D eigenvalue weighted by Gasteiger charge is -2.25. The average molecular weight is 443 g/mol. The van der Waals surface area contributed by atoms with Crippen LogP contribution in [0.1, 0.15) is 33.3 Å². The van der Waals surface area contributed by atoms with E-state index in [0.29, 0.717) is 22.3 Å². The van der Waals surface area contributed by atoms with Gasteiger partial charge < -0.3 is 23.9 Å². The monoisotopic (exact) mass is 443 g/mol. The Hall–Kier alpha value is -4.26. The highest BCUT2D eigenvalue weighted by molar-refractivity contribution is 5.99. The number of hydrogen-bond acceptors (Lipinski definition) is 6. The normalized spacial score (nSPS) is 15.0. The SMILES string of the molecule is COc1ccc(CN2C(=O)c3oc4ccccc4c(=O)c3[C@H]2c2ccc(O)c(OC)c2)cc1. The molecule has 0 fully saturated rings. The number of phenolic OH excluding ortho intramolecular Hbond substituents is 1. The summed E-state index contributed by atoms with van der Waals surface area (Å²) in [4.78, 5) is 28.6. The zero-order valence-corrected chi connectivity index (χ0v) is 18.1. The number of fused-ring (bicyclic) bond motifs is 2. The molecule has 0 radical (unpaired) electrons. The molecule has 5 rings (SSSR count). The van der Waals surface area contributed by atoms with Gasteiger partial charge in [0.05, 0.1) is 31.2 Å². The molecule has 1 aromatic heterocycles. The second-order valence-corrected chi connectivity index (χ2v) is 7.79. The molecule has 1 amide bonds. The van der Waals surface area contributed by atoms with Crippen molar-refractivity contribution in [3.63, 3.8) is 0 Å². The van der Waals surface area contributed by atoms with E-state index in [4.69, 9.17) is 13.9 Å². The number of benzene rings is 3. The second kappa shape index (κ2) is 8.02. The Morgan fingerprint density at radius 3 is 2.45 bits per heavy atom. The number of para-hydroxylation sites is 1. The Morgan fingerprint density at radius 2 is 1.73 bits per heavy atom. The van der Waals surface area contributed by atoms with Gasteiger partial charge in [0.25, 0.3) is 5.91 Å². The summed E-state index contributed by atoms with van der Waals surface area (Å²) in [6, 6.07) is 18.4. The van der Waals surface area contributed by atoms with E-state index in [1.165, 1.54) is 13.2 Å². The van der Waals surface area contributed by atoms with Crippen LogP contribution in [0.3, 0.4) is 0 Å². The summed E-state index contributed by atoms with van der Waals surface area (Å²) >= 11 is 0. The van der Waals surface area contributed by atoms with Gasteiger partial charge in [-0.15, -0.1) is 0 Å². The third-order valence-electron chi connectivity index (χ3n) is 5.90. The van der Waals surface area contributed by atoms with Crippen LogP contribution >= 0.6 is 0 Å². The molecule has 166 valence electrons. The molecule has 0 bridgehead atoms. The highest BCUT2D eigenvalue weighted by Crippen LogP contribution is 2.41. The van der Waals surface area contributed by atoms with Gasteiger partial charge in [-0.1, -0.05) is 30.3 Å². The molecule has 1 atom stereocenters. The molecule has 0 saturated heterocycles. The standard InChI is InChI=1S/C26H21NO6/c1-31-17-10-7-15(8-11-17)14-27-23(16-9-12-19(28)21(13-16)32-2)22-24(29)18-5-3-4-6-20(18)33-25(22)26(27)30/h3-13,23,28H,14H2,1-2H3/t23-/m1/s1. The first-order chi connectivity index (χ1) is 16.0. The van der Waals surface area contributed by atoms with Gasteiger partial charge in [-0.2, -0.15) is 0 Å². The zero-order valence-electron chi connectivity index (χ0n) is 18.1. The first kappa shape index (κ1) is 20.6. The van der Waals surface area contributed by atoms with Gasteiger partial charge >= 0.3 is 0 Å². The van der Waals surface area contributed by atoms with E-state index in [1.807, 2.05) is 24.3 Å². The summed E-state index contributed by atoms with van der Waals surface area (Å²) in [5.74, 6) is 0.587. The van der Waals surface area contributed by atoms with Crippen molar-refractivity contribution in [1.29, 1.82) is 0 Å². The van der Waals surface area contributed by atoms with Crippen molar-refractivity contribution in [2.75, 3.05) is 14.2 Å². The minimum absolute atomic E-state index is 0.0296. The maximum absolute atomic E-state index is 13.5. The Morgan fingerprint density at radius 1 is 0.970 bits per heavy atom. The lowest BCUT2D eigenvalue weighted by atomic mass is 9.98. The van der Waals surface area contributed by atoms with Crippen LogP contribution < -0.4 is 14.9 Å². The fourth-order valence-corrected chi connectivity index (χ4v) is 4.27. The minimum Gasteiger partial charge on any atom is -0.504 e. The molecule has 3 aromatic carbocycles. The Kier molecular flexibility index (Phi) is 5.01. The van der Waals surface area contributed by atoms with Crippen molar-refractivity contribution in [1.82, 2.24) is 4.90 Å². The summed E-state index contributed by atoms with van der Waals surface area (Å²) < 4.78 is 16.4. The molecule has 0 saturated carbocycles. The van der Waals surface area contributed by atoms with Crippen molar-refractivity contribution < 1.29 is 23.8 Å². The van der Waals surface area contributed by atoms with Gasteiger partial charge in [0, 0.05) is 6.54 Å². The maximum Gasteiger partial charge on any atom is 0.291 e. The van der Waals surface area contributed by atoms with E-state index in [-0.39, 0.29) is 40.7 Å². The Balaban J connectivity index is 1.69. The molecule has 7 heteroatoms. The molecule has 2 heterocycles. The first-order valence-electron chi connectivity index (χ1n) is 10.4. The largest absolute Gasteiger partial charge is 0.504 e. The van der Waals surface area contributed by atoms with Gasteiger partial charge in [-0.3, -0.25) is 9.59 Å². The molecule has 7 nitrogen and oxygen atoms in total. The number of methoxy groups -OCH3 is 2. The van der Waals surface area contributed by atoms with Gasteiger partial charge in [0.15, 0.2) is 16.9 Å². The van der Waals surface area contributed by atoms with Crippen LogP contribution in [0.25, 0.3) is 11.0 Å². The number of carbonyl (C=O) groups is 1. The third kappa shape index (κ3) is 3.38. The van der Waals surface area contributed by atoms with Crippen LogP contribution in [0.4, 0.5) is 0 Å². The lowest BCUT2D eigenvalue weighted by molar-refractivity contribution is 0.0714. The van der Waals surface area contributed by atoms with Crippen LogP contribution in [-0.2, 0) is 6.54 Å². The van der Waals surface area contributed by atoms with Crippen LogP contribution in [-0.4, -0.2) is 30.1 Å². The Bertz CT molecular complexity index is 1420. The van der Waals surface area contributed by atoms with Crippen molar-refractivity contribution >= 4 is 16.9 Å². The molecule has 4 aromatic rings. The molecule has 33 heavy (non-hydrogen) atoms. The van der Waals surface area contributed by atoms with Crippen LogP contribution in [0.15, 0.2) is 75.9 Å². The molecule has 0 unspecified atom stereocenters. The van der Waals surface area contributed by atoms with Crippen molar-refractivity contribution in [2.45, 2.75) is 12.6 Å².